The van der Waals surface area contributed by atoms with Gasteiger partial charge in [0.25, 0.3) is 0 Å². The molecule has 1 aromatic carbocycles. The average Bonchev–Trinajstić information content (AvgIpc) is 2.26. The molecule has 112 valence electrons. The highest BCUT2D eigenvalue weighted by Gasteiger charge is 2.12. The van der Waals surface area contributed by atoms with Gasteiger partial charge in [-0.3, -0.25) is 9.52 Å². The molecule has 1 aromatic rings. The molecule has 2 N–H and O–H groups in total. The molecule has 0 fully saturated rings. The van der Waals surface area contributed by atoms with Crippen molar-refractivity contribution in [3.8, 4) is 0 Å². The fourth-order valence-corrected chi connectivity index (χ4v) is 3.17. The van der Waals surface area contributed by atoms with Crippen LogP contribution in [0.5, 0.6) is 0 Å². The van der Waals surface area contributed by atoms with Crippen LogP contribution in [0.4, 0.5) is 5.69 Å². The van der Waals surface area contributed by atoms with Crippen molar-refractivity contribution < 1.29 is 26.7 Å². The van der Waals surface area contributed by atoms with E-state index in [2.05, 4.69) is 4.72 Å². The van der Waals surface area contributed by atoms with Gasteiger partial charge in [0.15, 0.2) is 9.84 Å². The lowest BCUT2D eigenvalue weighted by Crippen LogP contribution is -2.17. The van der Waals surface area contributed by atoms with Crippen molar-refractivity contribution >= 4 is 31.5 Å². The van der Waals surface area contributed by atoms with Crippen LogP contribution in [0.2, 0.25) is 0 Å². The Bertz CT molecular complexity index is 676. The van der Waals surface area contributed by atoms with E-state index in [1.54, 1.807) is 0 Å². The largest absolute Gasteiger partial charge is 0.481 e. The zero-order valence-electron chi connectivity index (χ0n) is 10.7. The second-order valence-corrected chi connectivity index (χ2v) is 8.07. The third kappa shape index (κ3) is 5.57. The minimum Gasteiger partial charge on any atom is -0.481 e. The minimum absolute atomic E-state index is 0.00604. The molecule has 0 aliphatic heterocycles. The molecule has 0 atom stereocenters. The quantitative estimate of drug-likeness (QED) is 0.763. The van der Waals surface area contributed by atoms with Gasteiger partial charge in [-0.05, 0) is 30.7 Å². The monoisotopic (exact) mass is 321 g/mol. The molecular formula is C11H15NO6S2. The van der Waals surface area contributed by atoms with Crippen molar-refractivity contribution in [1.82, 2.24) is 0 Å². The molecule has 0 aromatic heterocycles. The molecular weight excluding hydrogens is 306 g/mol. The van der Waals surface area contributed by atoms with Crippen molar-refractivity contribution in [3.05, 3.63) is 24.3 Å². The van der Waals surface area contributed by atoms with Crippen LogP contribution in [-0.2, 0) is 24.7 Å². The predicted octanol–water partition coefficient (Wildman–Crippen LogP) is 0.697. The number of carboxylic acid groups (broad SMARTS) is 1. The normalized spacial score (nSPS) is 12.1. The summed E-state index contributed by atoms with van der Waals surface area (Å²) in [7, 11) is -6.97. The Morgan fingerprint density at radius 1 is 1.15 bits per heavy atom. The van der Waals surface area contributed by atoms with Crippen LogP contribution in [0.15, 0.2) is 29.2 Å². The summed E-state index contributed by atoms with van der Waals surface area (Å²) in [5, 5.41) is 8.43. The van der Waals surface area contributed by atoms with Crippen LogP contribution < -0.4 is 4.72 Å². The summed E-state index contributed by atoms with van der Waals surface area (Å²) in [6.45, 7) is 0. The van der Waals surface area contributed by atoms with Gasteiger partial charge < -0.3 is 5.11 Å². The Morgan fingerprint density at radius 3 is 2.15 bits per heavy atom. The lowest BCUT2D eigenvalue weighted by Gasteiger charge is -2.07. The van der Waals surface area contributed by atoms with Crippen LogP contribution in [0, 0.1) is 0 Å². The Balaban J connectivity index is 2.71. The molecule has 0 spiro atoms. The van der Waals surface area contributed by atoms with Crippen LogP contribution in [0.25, 0.3) is 0 Å². The van der Waals surface area contributed by atoms with E-state index in [0.29, 0.717) is 0 Å². The van der Waals surface area contributed by atoms with Crippen molar-refractivity contribution in [2.45, 2.75) is 17.7 Å². The molecule has 20 heavy (non-hydrogen) atoms. The highest BCUT2D eigenvalue weighted by atomic mass is 32.2. The van der Waals surface area contributed by atoms with Crippen LogP contribution >= 0.6 is 0 Å². The number of carbonyl (C=O) groups is 1. The standard InChI is InChI=1S/C11H15NO6S2/c1-19(15,16)10-6-4-9(5-7-10)12-20(17,18)8-2-3-11(13)14/h4-7,12H,2-3,8H2,1H3,(H,13,14). The predicted molar refractivity (Wildman–Crippen MR) is 73.8 cm³/mol. The highest BCUT2D eigenvalue weighted by Crippen LogP contribution is 2.15. The van der Waals surface area contributed by atoms with E-state index in [-0.39, 0.29) is 29.2 Å². The number of sulfonamides is 1. The third-order valence-corrected chi connectivity index (χ3v) is 4.86. The first-order valence-electron chi connectivity index (χ1n) is 5.62. The third-order valence-electron chi connectivity index (χ3n) is 2.36. The first kappa shape index (κ1) is 16.4. The van der Waals surface area contributed by atoms with Gasteiger partial charge >= 0.3 is 5.97 Å². The molecule has 0 aliphatic rings. The number of hydrogen-bond acceptors (Lipinski definition) is 5. The Labute approximate surface area is 117 Å². The summed E-state index contributed by atoms with van der Waals surface area (Å²) in [5.41, 5.74) is 0.229. The van der Waals surface area contributed by atoms with Crippen molar-refractivity contribution in [3.63, 3.8) is 0 Å². The van der Waals surface area contributed by atoms with E-state index in [4.69, 9.17) is 5.11 Å². The van der Waals surface area contributed by atoms with Gasteiger partial charge in [-0.15, -0.1) is 0 Å². The molecule has 0 unspecified atom stereocenters. The fraction of sp³-hybridized carbons (Fsp3) is 0.364. The van der Waals surface area contributed by atoms with Crippen LogP contribution in [0.3, 0.4) is 0 Å². The Morgan fingerprint density at radius 2 is 1.70 bits per heavy atom. The summed E-state index contributed by atoms with van der Waals surface area (Å²) >= 11 is 0. The number of sulfone groups is 1. The van der Waals surface area contributed by atoms with Crippen molar-refractivity contribution in [2.75, 3.05) is 16.7 Å². The van der Waals surface area contributed by atoms with Gasteiger partial charge in [0, 0.05) is 18.4 Å². The number of carboxylic acids is 1. The fourth-order valence-electron chi connectivity index (χ4n) is 1.41. The maximum atomic E-state index is 11.6. The van der Waals surface area contributed by atoms with E-state index in [9.17, 15) is 21.6 Å². The van der Waals surface area contributed by atoms with E-state index in [1.807, 2.05) is 0 Å². The topological polar surface area (TPSA) is 118 Å². The van der Waals surface area contributed by atoms with Gasteiger partial charge in [-0.25, -0.2) is 16.8 Å². The van der Waals surface area contributed by atoms with E-state index >= 15 is 0 Å². The summed E-state index contributed by atoms with van der Waals surface area (Å²) in [6, 6.07) is 5.27. The molecule has 0 aliphatic carbocycles. The minimum atomic E-state index is -3.64. The van der Waals surface area contributed by atoms with Crippen LogP contribution in [-0.4, -0.2) is 39.9 Å². The smallest absolute Gasteiger partial charge is 0.303 e. The lowest BCUT2D eigenvalue weighted by molar-refractivity contribution is -0.137. The maximum Gasteiger partial charge on any atom is 0.303 e. The number of rotatable bonds is 7. The SMILES string of the molecule is CS(=O)(=O)c1ccc(NS(=O)(=O)CCCC(=O)O)cc1. The highest BCUT2D eigenvalue weighted by molar-refractivity contribution is 7.92. The molecule has 0 amide bonds. The molecule has 0 heterocycles. The second-order valence-electron chi connectivity index (χ2n) is 4.21. The number of nitrogens with one attached hydrogen (secondary N) is 1. The molecule has 9 heteroatoms. The van der Waals surface area contributed by atoms with E-state index < -0.39 is 25.8 Å². The Kier molecular flexibility index (Phi) is 5.12. The Hall–Kier alpha value is -1.61. The number of hydrogen-bond donors (Lipinski definition) is 2. The molecule has 0 saturated heterocycles. The molecule has 0 saturated carbocycles. The summed E-state index contributed by atoms with van der Waals surface area (Å²) in [4.78, 5) is 10.4. The first-order valence-corrected chi connectivity index (χ1v) is 9.17. The maximum absolute atomic E-state index is 11.6. The van der Waals surface area contributed by atoms with Gasteiger partial charge in [0.1, 0.15) is 0 Å². The second kappa shape index (κ2) is 6.23. The first-order chi connectivity index (χ1) is 9.10. The molecule has 1 rings (SSSR count). The molecule has 0 radical (unpaired) electrons. The average molecular weight is 321 g/mol. The zero-order valence-corrected chi connectivity index (χ0v) is 12.4. The lowest BCUT2D eigenvalue weighted by atomic mass is 10.3. The van der Waals surface area contributed by atoms with Gasteiger partial charge in [0.2, 0.25) is 10.0 Å². The van der Waals surface area contributed by atoms with Gasteiger partial charge in [0.05, 0.1) is 10.6 Å². The summed E-state index contributed by atoms with van der Waals surface area (Å²) in [5.74, 6) is -1.37. The van der Waals surface area contributed by atoms with Crippen LogP contribution in [0.1, 0.15) is 12.8 Å². The molecule has 7 nitrogen and oxygen atoms in total. The van der Waals surface area contributed by atoms with Crippen molar-refractivity contribution in [2.24, 2.45) is 0 Å². The van der Waals surface area contributed by atoms with E-state index in [0.717, 1.165) is 6.26 Å². The van der Waals surface area contributed by atoms with E-state index in [1.165, 1.54) is 24.3 Å². The van der Waals surface area contributed by atoms with Gasteiger partial charge in [-0.2, -0.15) is 0 Å². The van der Waals surface area contributed by atoms with Crippen molar-refractivity contribution in [1.29, 1.82) is 0 Å². The number of benzene rings is 1. The number of anilines is 1. The number of aliphatic carboxylic acids is 1. The van der Waals surface area contributed by atoms with Gasteiger partial charge in [-0.1, -0.05) is 0 Å². The summed E-state index contributed by atoms with van der Waals surface area (Å²) in [6.07, 6.45) is 0.831. The molecule has 0 bridgehead atoms. The zero-order chi connectivity index (χ0) is 15.4. The summed E-state index contributed by atoms with van der Waals surface area (Å²) < 4.78 is 48.0.